The van der Waals surface area contributed by atoms with E-state index in [0.29, 0.717) is 35.7 Å². The van der Waals surface area contributed by atoms with Gasteiger partial charge in [-0.05, 0) is 43.7 Å². The van der Waals surface area contributed by atoms with Crippen LogP contribution in [0.25, 0.3) is 0 Å². The van der Waals surface area contributed by atoms with Gasteiger partial charge in [-0.15, -0.1) is 0 Å². The SMILES string of the molecule is CCCC1C2C(=O)N(c3cc(Cl)c(OC)c(Cl)c3)C(=O)C2C2(C(=O)Nc3c(Cl)cc(Cl)cc32)N1CCC. The zero-order valence-electron chi connectivity index (χ0n) is 20.4. The Morgan fingerprint density at radius 1 is 0.946 bits per heavy atom. The highest BCUT2D eigenvalue weighted by molar-refractivity contribution is 6.39. The largest absolute Gasteiger partial charge is 0.494 e. The number of ether oxygens (including phenoxy) is 1. The number of nitrogens with one attached hydrogen (secondary N) is 1. The molecule has 5 rings (SSSR count). The number of halogens is 4. The third kappa shape index (κ3) is 3.62. The number of anilines is 2. The number of hydrogen-bond acceptors (Lipinski definition) is 5. The van der Waals surface area contributed by atoms with Crippen LogP contribution >= 0.6 is 46.4 Å². The predicted molar refractivity (Wildman–Crippen MR) is 145 cm³/mol. The molecule has 4 unspecified atom stereocenters. The number of nitrogens with zero attached hydrogens (tertiary/aromatic N) is 2. The lowest BCUT2D eigenvalue weighted by atomic mass is 9.76. The van der Waals surface area contributed by atoms with Crippen LogP contribution < -0.4 is 15.0 Å². The Labute approximate surface area is 234 Å². The highest BCUT2D eigenvalue weighted by Crippen LogP contribution is 2.60. The molecule has 0 bridgehead atoms. The summed E-state index contributed by atoms with van der Waals surface area (Å²) >= 11 is 25.6. The van der Waals surface area contributed by atoms with Crippen LogP contribution in [-0.2, 0) is 19.9 Å². The monoisotopic (exact) mass is 583 g/mol. The molecule has 2 saturated heterocycles. The second-order valence-corrected chi connectivity index (χ2v) is 11.2. The van der Waals surface area contributed by atoms with E-state index in [9.17, 15) is 14.4 Å². The van der Waals surface area contributed by atoms with Gasteiger partial charge in [-0.1, -0.05) is 66.7 Å². The van der Waals surface area contributed by atoms with Crippen LogP contribution in [0.1, 0.15) is 38.7 Å². The Hall–Kier alpha value is -2.03. The van der Waals surface area contributed by atoms with E-state index >= 15 is 0 Å². The summed E-state index contributed by atoms with van der Waals surface area (Å²) in [5.74, 6) is -2.77. The second kappa shape index (κ2) is 9.62. The molecule has 196 valence electrons. The Bertz CT molecular complexity index is 1310. The molecule has 1 spiro atoms. The number of likely N-dealkylation sites (tertiary alicyclic amines) is 1. The molecule has 1 N–H and O–H groups in total. The third-order valence-electron chi connectivity index (χ3n) is 7.61. The lowest BCUT2D eigenvalue weighted by Gasteiger charge is -2.39. The van der Waals surface area contributed by atoms with Gasteiger partial charge in [-0.3, -0.25) is 19.3 Å². The average molecular weight is 585 g/mol. The summed E-state index contributed by atoms with van der Waals surface area (Å²) in [5.41, 5.74) is -0.269. The number of imide groups is 1. The predicted octanol–water partition coefficient (Wildman–Crippen LogP) is 6.16. The first kappa shape index (κ1) is 26.6. The first-order valence-electron chi connectivity index (χ1n) is 12.1. The van der Waals surface area contributed by atoms with Gasteiger partial charge in [0.05, 0.1) is 45.4 Å². The number of methoxy groups -OCH3 is 1. The van der Waals surface area contributed by atoms with Gasteiger partial charge in [-0.2, -0.15) is 0 Å². The lowest BCUT2D eigenvalue weighted by molar-refractivity contribution is -0.136. The number of rotatable bonds is 6. The molecule has 2 aromatic carbocycles. The van der Waals surface area contributed by atoms with Crippen LogP contribution in [0.2, 0.25) is 20.1 Å². The van der Waals surface area contributed by atoms with Crippen LogP contribution in [0.4, 0.5) is 11.4 Å². The number of benzene rings is 2. The summed E-state index contributed by atoms with van der Waals surface area (Å²) in [4.78, 5) is 45.5. The summed E-state index contributed by atoms with van der Waals surface area (Å²) in [6.07, 6.45) is 2.10. The minimum atomic E-state index is -1.44. The summed E-state index contributed by atoms with van der Waals surface area (Å²) in [6.45, 7) is 4.53. The molecule has 4 atom stereocenters. The summed E-state index contributed by atoms with van der Waals surface area (Å²) in [5, 5.41) is 3.85. The number of carbonyl (C=O) groups is 3. The molecule has 0 aliphatic carbocycles. The van der Waals surface area contributed by atoms with Gasteiger partial charge in [0.25, 0.3) is 5.91 Å². The second-order valence-electron chi connectivity index (χ2n) is 9.54. The van der Waals surface area contributed by atoms with Crippen molar-refractivity contribution < 1.29 is 19.1 Å². The fourth-order valence-corrected chi connectivity index (χ4v) is 7.59. The molecule has 0 radical (unpaired) electrons. The summed E-state index contributed by atoms with van der Waals surface area (Å²) < 4.78 is 5.23. The lowest BCUT2D eigenvalue weighted by Crippen LogP contribution is -2.55. The van der Waals surface area contributed by atoms with Crippen molar-refractivity contribution >= 4 is 75.5 Å². The topological polar surface area (TPSA) is 78.9 Å². The van der Waals surface area contributed by atoms with E-state index in [1.54, 1.807) is 12.1 Å². The first-order valence-corrected chi connectivity index (χ1v) is 13.6. The van der Waals surface area contributed by atoms with Gasteiger partial charge in [-0.25, -0.2) is 4.90 Å². The highest BCUT2D eigenvalue weighted by atomic mass is 35.5. The first-order chi connectivity index (χ1) is 17.6. The maximum absolute atomic E-state index is 14.3. The van der Waals surface area contributed by atoms with E-state index < -0.39 is 29.2 Å². The molecule has 3 amide bonds. The molecular weight excluding hydrogens is 560 g/mol. The fraction of sp³-hybridized carbons (Fsp3) is 0.423. The van der Waals surface area contributed by atoms with Crippen molar-refractivity contribution in [2.24, 2.45) is 11.8 Å². The molecule has 37 heavy (non-hydrogen) atoms. The zero-order chi connectivity index (χ0) is 26.8. The van der Waals surface area contributed by atoms with Crippen LogP contribution in [-0.4, -0.2) is 42.3 Å². The summed E-state index contributed by atoms with van der Waals surface area (Å²) in [6, 6.07) is 5.83. The number of amides is 3. The normalized spacial score (nSPS) is 26.7. The van der Waals surface area contributed by atoms with E-state index in [1.807, 2.05) is 18.7 Å². The highest BCUT2D eigenvalue weighted by Gasteiger charge is 2.73. The van der Waals surface area contributed by atoms with Gasteiger partial charge in [0.2, 0.25) is 11.8 Å². The Kier molecular flexibility index (Phi) is 6.91. The maximum Gasteiger partial charge on any atom is 0.250 e. The number of carbonyl (C=O) groups excluding carboxylic acids is 3. The molecule has 3 heterocycles. The minimum absolute atomic E-state index is 0.164. The molecule has 7 nitrogen and oxygen atoms in total. The van der Waals surface area contributed by atoms with Gasteiger partial charge in [0, 0.05) is 16.6 Å². The molecule has 3 aliphatic rings. The van der Waals surface area contributed by atoms with E-state index in [4.69, 9.17) is 51.1 Å². The molecule has 3 aliphatic heterocycles. The smallest absolute Gasteiger partial charge is 0.250 e. The third-order valence-corrected chi connectivity index (χ3v) is 8.69. The van der Waals surface area contributed by atoms with Crippen molar-refractivity contribution in [1.29, 1.82) is 0 Å². The van der Waals surface area contributed by atoms with Gasteiger partial charge in [0.15, 0.2) is 5.75 Å². The van der Waals surface area contributed by atoms with Crippen molar-refractivity contribution in [2.75, 3.05) is 23.9 Å². The Morgan fingerprint density at radius 2 is 1.62 bits per heavy atom. The van der Waals surface area contributed by atoms with Gasteiger partial charge >= 0.3 is 0 Å². The zero-order valence-corrected chi connectivity index (χ0v) is 23.4. The number of fused-ring (bicyclic) bond motifs is 4. The molecule has 2 aromatic rings. The van der Waals surface area contributed by atoms with Crippen LogP contribution in [0, 0.1) is 11.8 Å². The van der Waals surface area contributed by atoms with E-state index in [2.05, 4.69) is 5.32 Å². The van der Waals surface area contributed by atoms with Gasteiger partial charge in [0.1, 0.15) is 5.54 Å². The molecule has 0 saturated carbocycles. The number of hydrogen-bond donors (Lipinski definition) is 1. The van der Waals surface area contributed by atoms with Crippen molar-refractivity contribution in [3.63, 3.8) is 0 Å². The van der Waals surface area contributed by atoms with Crippen molar-refractivity contribution in [1.82, 2.24) is 4.90 Å². The minimum Gasteiger partial charge on any atom is -0.494 e. The Morgan fingerprint density at radius 3 is 2.22 bits per heavy atom. The van der Waals surface area contributed by atoms with Crippen molar-refractivity contribution in [2.45, 2.75) is 44.7 Å². The quantitative estimate of drug-likeness (QED) is 0.412. The fourth-order valence-electron chi connectivity index (χ4n) is 6.42. The standard InChI is InChI=1S/C26H25Cl4N3O4/c1-4-6-18-19-20(24(35)33(23(19)34)13-10-16(29)22(37-3)17(30)11-13)26(32(18)7-5-2)14-8-12(27)9-15(28)21(14)31-25(26)36/h8-11,18-20H,4-7H2,1-3H3,(H,31,36). The van der Waals surface area contributed by atoms with Crippen molar-refractivity contribution in [3.05, 3.63) is 49.9 Å². The van der Waals surface area contributed by atoms with Crippen LogP contribution in [0.5, 0.6) is 5.75 Å². The average Bonchev–Trinajstić information content (AvgIpc) is 3.38. The Balaban J connectivity index is 1.74. The van der Waals surface area contributed by atoms with Crippen molar-refractivity contribution in [3.8, 4) is 5.75 Å². The molecule has 0 aromatic heterocycles. The van der Waals surface area contributed by atoms with Crippen LogP contribution in [0.3, 0.4) is 0 Å². The summed E-state index contributed by atoms with van der Waals surface area (Å²) in [7, 11) is 1.43. The van der Waals surface area contributed by atoms with Gasteiger partial charge < -0.3 is 10.1 Å². The van der Waals surface area contributed by atoms with Crippen LogP contribution in [0.15, 0.2) is 24.3 Å². The van der Waals surface area contributed by atoms with E-state index in [1.165, 1.54) is 19.2 Å². The van der Waals surface area contributed by atoms with E-state index in [0.717, 1.165) is 11.3 Å². The molecule has 2 fully saturated rings. The molecular formula is C26H25Cl4N3O4. The maximum atomic E-state index is 14.3. The van der Waals surface area contributed by atoms with E-state index in [-0.39, 0.29) is 38.5 Å². The molecule has 11 heteroatoms.